The third-order valence-corrected chi connectivity index (χ3v) is 4.06. The minimum Gasteiger partial charge on any atom is -0.497 e. The van der Waals surface area contributed by atoms with Crippen molar-refractivity contribution in [2.24, 2.45) is 0 Å². The van der Waals surface area contributed by atoms with Crippen LogP contribution in [0.4, 0.5) is 0 Å². The number of cyclic esters (lactones) is 1. The van der Waals surface area contributed by atoms with E-state index in [0.717, 1.165) is 16.9 Å². The molecule has 1 saturated heterocycles. The highest BCUT2D eigenvalue weighted by atomic mass is 16.6. The maximum absolute atomic E-state index is 12.0. The number of esters is 1. The van der Waals surface area contributed by atoms with Gasteiger partial charge in [-0.15, -0.1) is 0 Å². The van der Waals surface area contributed by atoms with Gasteiger partial charge < -0.3 is 9.47 Å². The fourth-order valence-corrected chi connectivity index (χ4v) is 2.77. The molecule has 0 radical (unpaired) electrons. The molecule has 0 amide bonds. The van der Waals surface area contributed by atoms with Crippen molar-refractivity contribution >= 4 is 5.97 Å². The van der Waals surface area contributed by atoms with Crippen molar-refractivity contribution in [1.82, 2.24) is 0 Å². The number of hydrogen-bond acceptors (Lipinski definition) is 3. The van der Waals surface area contributed by atoms with Gasteiger partial charge >= 0.3 is 5.97 Å². The molecule has 0 aromatic heterocycles. The third kappa shape index (κ3) is 2.50. The minimum atomic E-state index is -0.339. The van der Waals surface area contributed by atoms with E-state index in [-0.39, 0.29) is 18.0 Å². The van der Waals surface area contributed by atoms with Crippen LogP contribution < -0.4 is 4.74 Å². The summed E-state index contributed by atoms with van der Waals surface area (Å²) >= 11 is 0. The van der Waals surface area contributed by atoms with Crippen molar-refractivity contribution in [3.63, 3.8) is 0 Å². The fourth-order valence-electron chi connectivity index (χ4n) is 2.77. The van der Waals surface area contributed by atoms with Crippen LogP contribution in [0.25, 0.3) is 0 Å². The Balaban J connectivity index is 1.98. The van der Waals surface area contributed by atoms with Crippen molar-refractivity contribution in [2.75, 3.05) is 7.11 Å². The average molecular weight is 294 g/mol. The van der Waals surface area contributed by atoms with Gasteiger partial charge in [0.25, 0.3) is 0 Å². The zero-order chi connectivity index (χ0) is 15.7. The van der Waals surface area contributed by atoms with E-state index in [9.17, 15) is 4.79 Å². The second kappa shape index (κ2) is 5.68. The first kappa shape index (κ1) is 14.4. The summed E-state index contributed by atoms with van der Waals surface area (Å²) in [6.45, 7) is 5.96. The first-order valence-corrected chi connectivity index (χ1v) is 7.20. The van der Waals surface area contributed by atoms with Crippen molar-refractivity contribution in [3.05, 3.63) is 77.4 Å². The predicted molar refractivity (Wildman–Crippen MR) is 84.9 cm³/mol. The molecule has 112 valence electrons. The fraction of sp³-hybridized carbons (Fsp3) is 0.211. The summed E-state index contributed by atoms with van der Waals surface area (Å²) in [5.41, 5.74) is 3.67. The topological polar surface area (TPSA) is 35.5 Å². The lowest BCUT2D eigenvalue weighted by atomic mass is 9.86. The average Bonchev–Trinajstić information content (AvgIpc) is 2.84. The largest absolute Gasteiger partial charge is 0.497 e. The molecule has 1 aliphatic rings. The molecule has 0 spiro atoms. The summed E-state index contributed by atoms with van der Waals surface area (Å²) in [5, 5.41) is 0. The summed E-state index contributed by atoms with van der Waals surface area (Å²) in [7, 11) is 1.63. The lowest BCUT2D eigenvalue weighted by Crippen LogP contribution is -2.07. The van der Waals surface area contributed by atoms with E-state index >= 15 is 0 Å². The van der Waals surface area contributed by atoms with Gasteiger partial charge in [0.05, 0.1) is 13.0 Å². The molecular weight excluding hydrogens is 276 g/mol. The molecule has 0 bridgehead atoms. The minimum absolute atomic E-state index is 0.151. The highest BCUT2D eigenvalue weighted by Gasteiger charge is 2.40. The SMILES string of the molecule is C=C1C(=O)OC(c2ccc(OC)cc2)C1c1ccc(C)cc1. The zero-order valence-electron chi connectivity index (χ0n) is 12.7. The quantitative estimate of drug-likeness (QED) is 0.635. The Bertz CT molecular complexity index is 698. The second-order valence-electron chi connectivity index (χ2n) is 5.51. The molecule has 0 N–H and O–H groups in total. The number of benzene rings is 2. The molecule has 3 nitrogen and oxygen atoms in total. The lowest BCUT2D eigenvalue weighted by Gasteiger charge is -2.19. The number of hydrogen-bond donors (Lipinski definition) is 0. The van der Waals surface area contributed by atoms with Gasteiger partial charge in [-0.3, -0.25) is 0 Å². The van der Waals surface area contributed by atoms with Crippen molar-refractivity contribution in [2.45, 2.75) is 18.9 Å². The normalized spacial score (nSPS) is 20.8. The number of ether oxygens (including phenoxy) is 2. The Morgan fingerprint density at radius 2 is 1.59 bits per heavy atom. The molecular formula is C19H18O3. The molecule has 2 aromatic carbocycles. The molecule has 22 heavy (non-hydrogen) atoms. The van der Waals surface area contributed by atoms with Crippen LogP contribution in [0.3, 0.4) is 0 Å². The highest BCUT2D eigenvalue weighted by molar-refractivity contribution is 5.92. The number of methoxy groups -OCH3 is 1. The summed E-state index contributed by atoms with van der Waals surface area (Å²) in [4.78, 5) is 12.0. The van der Waals surface area contributed by atoms with Crippen LogP contribution in [0, 0.1) is 6.92 Å². The molecule has 1 fully saturated rings. The van der Waals surface area contributed by atoms with Gasteiger partial charge in [-0.25, -0.2) is 4.79 Å². The van der Waals surface area contributed by atoms with Crippen LogP contribution in [-0.2, 0) is 9.53 Å². The first-order chi connectivity index (χ1) is 10.6. The number of carbonyl (C=O) groups is 1. The van der Waals surface area contributed by atoms with Gasteiger partial charge in [0.1, 0.15) is 11.9 Å². The zero-order valence-corrected chi connectivity index (χ0v) is 12.7. The Labute approximate surface area is 130 Å². The molecule has 3 heteroatoms. The summed E-state index contributed by atoms with van der Waals surface area (Å²) in [6.07, 6.45) is -0.339. The molecule has 2 atom stereocenters. The summed E-state index contributed by atoms with van der Waals surface area (Å²) < 4.78 is 10.7. The number of rotatable bonds is 3. The maximum atomic E-state index is 12.0. The van der Waals surface area contributed by atoms with Crippen LogP contribution in [0.5, 0.6) is 5.75 Å². The Morgan fingerprint density at radius 3 is 2.18 bits per heavy atom. The number of carbonyl (C=O) groups excluding carboxylic acids is 1. The predicted octanol–water partition coefficient (Wildman–Crippen LogP) is 3.94. The van der Waals surface area contributed by atoms with Gasteiger partial charge in [-0.05, 0) is 30.2 Å². The smallest absolute Gasteiger partial charge is 0.334 e. The van der Waals surface area contributed by atoms with Gasteiger partial charge in [0.15, 0.2) is 0 Å². The van der Waals surface area contributed by atoms with E-state index in [4.69, 9.17) is 9.47 Å². The number of aryl methyl sites for hydroxylation is 1. The van der Waals surface area contributed by atoms with Crippen LogP contribution >= 0.6 is 0 Å². The van der Waals surface area contributed by atoms with Gasteiger partial charge in [0, 0.05) is 5.57 Å². The van der Waals surface area contributed by atoms with Gasteiger partial charge in [-0.2, -0.15) is 0 Å². The molecule has 1 aliphatic heterocycles. The van der Waals surface area contributed by atoms with E-state index in [0.29, 0.717) is 5.57 Å². The lowest BCUT2D eigenvalue weighted by molar-refractivity contribution is -0.139. The second-order valence-corrected chi connectivity index (χ2v) is 5.51. The van der Waals surface area contributed by atoms with E-state index in [1.165, 1.54) is 5.56 Å². The third-order valence-electron chi connectivity index (χ3n) is 4.06. The Hall–Kier alpha value is -2.55. The molecule has 2 aromatic rings. The molecule has 0 aliphatic carbocycles. The summed E-state index contributed by atoms with van der Waals surface area (Å²) in [5.74, 6) is 0.298. The van der Waals surface area contributed by atoms with E-state index in [2.05, 4.69) is 6.58 Å². The van der Waals surface area contributed by atoms with Gasteiger partial charge in [-0.1, -0.05) is 48.5 Å². The standard InChI is InChI=1S/C19H18O3/c1-12-4-6-14(7-5-12)17-13(2)19(20)22-18(17)15-8-10-16(21-3)11-9-15/h4-11,17-18H,2H2,1,3H3. The van der Waals surface area contributed by atoms with Crippen molar-refractivity contribution < 1.29 is 14.3 Å². The monoisotopic (exact) mass is 294 g/mol. The van der Waals surface area contributed by atoms with Crippen LogP contribution in [0.1, 0.15) is 28.7 Å². The first-order valence-electron chi connectivity index (χ1n) is 7.20. The van der Waals surface area contributed by atoms with E-state index < -0.39 is 0 Å². The van der Waals surface area contributed by atoms with E-state index in [1.54, 1.807) is 7.11 Å². The summed E-state index contributed by atoms with van der Waals surface area (Å²) in [6, 6.07) is 15.7. The molecule has 0 saturated carbocycles. The van der Waals surface area contributed by atoms with Gasteiger partial charge in [0.2, 0.25) is 0 Å². The molecule has 1 heterocycles. The van der Waals surface area contributed by atoms with Crippen LogP contribution in [0.15, 0.2) is 60.7 Å². The Morgan fingerprint density at radius 1 is 1.00 bits per heavy atom. The van der Waals surface area contributed by atoms with Crippen LogP contribution in [-0.4, -0.2) is 13.1 Å². The van der Waals surface area contributed by atoms with Crippen molar-refractivity contribution in [3.8, 4) is 5.75 Å². The van der Waals surface area contributed by atoms with Crippen molar-refractivity contribution in [1.29, 1.82) is 0 Å². The van der Waals surface area contributed by atoms with E-state index in [1.807, 2.05) is 55.5 Å². The maximum Gasteiger partial charge on any atom is 0.334 e. The Kier molecular flexibility index (Phi) is 3.72. The highest BCUT2D eigenvalue weighted by Crippen LogP contribution is 2.45. The molecule has 3 rings (SSSR count). The van der Waals surface area contributed by atoms with Crippen LogP contribution in [0.2, 0.25) is 0 Å². The molecule has 2 unspecified atom stereocenters.